The van der Waals surface area contributed by atoms with E-state index in [0.29, 0.717) is 28.2 Å². The molecule has 35 heavy (non-hydrogen) atoms. The van der Waals surface area contributed by atoms with E-state index in [1.54, 1.807) is 28.9 Å². The summed E-state index contributed by atoms with van der Waals surface area (Å²) in [6.07, 6.45) is 1.88. The molecule has 8 nitrogen and oxygen atoms in total. The molecular formula is C27H20N4O4. The van der Waals surface area contributed by atoms with Crippen molar-refractivity contribution < 1.29 is 14.3 Å². The van der Waals surface area contributed by atoms with Crippen molar-refractivity contribution in [3.8, 4) is 17.4 Å². The number of carboxylic acid groups (broad SMARTS) is 1. The number of hydrogen-bond acceptors (Lipinski definition) is 6. The number of nitrogens with zero attached hydrogens (tertiary/aromatic N) is 3. The van der Waals surface area contributed by atoms with Gasteiger partial charge in [0.05, 0.1) is 34.1 Å². The van der Waals surface area contributed by atoms with Crippen LogP contribution in [0.1, 0.15) is 34.5 Å². The van der Waals surface area contributed by atoms with E-state index in [2.05, 4.69) is 16.5 Å². The molecule has 0 saturated carbocycles. The average molecular weight is 464 g/mol. The van der Waals surface area contributed by atoms with Crippen molar-refractivity contribution in [3.63, 3.8) is 0 Å². The molecule has 2 N–H and O–H groups in total. The maximum atomic E-state index is 13.1. The molecule has 3 aromatic carbocycles. The number of para-hydroxylation sites is 1. The molecule has 0 aliphatic rings. The lowest BCUT2D eigenvalue weighted by atomic mass is 10.00. The number of anilines is 1. The Morgan fingerprint density at radius 3 is 2.74 bits per heavy atom. The van der Waals surface area contributed by atoms with Crippen molar-refractivity contribution in [1.82, 2.24) is 9.78 Å². The van der Waals surface area contributed by atoms with Gasteiger partial charge in [-0.25, -0.2) is 4.79 Å². The Morgan fingerprint density at radius 1 is 1.17 bits per heavy atom. The second-order valence-electron chi connectivity index (χ2n) is 8.32. The molecule has 0 fully saturated rings. The molecule has 8 heteroatoms. The van der Waals surface area contributed by atoms with Crippen LogP contribution in [0.5, 0.6) is 0 Å². The first-order valence-electron chi connectivity index (χ1n) is 10.9. The summed E-state index contributed by atoms with van der Waals surface area (Å²) in [6, 6.07) is 18.4. The van der Waals surface area contributed by atoms with Gasteiger partial charge < -0.3 is 14.8 Å². The predicted octanol–water partition coefficient (Wildman–Crippen LogP) is 5.09. The molecule has 0 saturated heterocycles. The highest BCUT2D eigenvalue weighted by atomic mass is 16.4. The fourth-order valence-corrected chi connectivity index (χ4v) is 4.22. The molecule has 5 rings (SSSR count). The van der Waals surface area contributed by atoms with Gasteiger partial charge in [-0.15, -0.1) is 0 Å². The van der Waals surface area contributed by atoms with Crippen molar-refractivity contribution in [2.45, 2.75) is 13.0 Å². The summed E-state index contributed by atoms with van der Waals surface area (Å²) in [5.41, 5.74) is 3.03. The average Bonchev–Trinajstić information content (AvgIpc) is 3.22. The van der Waals surface area contributed by atoms with Gasteiger partial charge in [-0.05, 0) is 49.4 Å². The predicted molar refractivity (Wildman–Crippen MR) is 132 cm³/mol. The van der Waals surface area contributed by atoms with Gasteiger partial charge >= 0.3 is 5.97 Å². The van der Waals surface area contributed by atoms with E-state index in [0.717, 1.165) is 16.5 Å². The third-order valence-electron chi connectivity index (χ3n) is 5.89. The van der Waals surface area contributed by atoms with Crippen LogP contribution < -0.4 is 10.7 Å². The smallest absolute Gasteiger partial charge is 0.337 e. The Morgan fingerprint density at radius 2 is 1.97 bits per heavy atom. The lowest BCUT2D eigenvalue weighted by molar-refractivity contribution is 0.0698. The summed E-state index contributed by atoms with van der Waals surface area (Å²) < 4.78 is 7.98. The number of aryl methyl sites for hydroxylation is 1. The summed E-state index contributed by atoms with van der Waals surface area (Å²) in [5, 5.41) is 27.8. The fraction of sp³-hybridized carbons (Fsp3) is 0.111. The van der Waals surface area contributed by atoms with Crippen molar-refractivity contribution in [2.24, 2.45) is 7.05 Å². The lowest BCUT2D eigenvalue weighted by Gasteiger charge is -2.19. The Labute approximate surface area is 199 Å². The number of carbonyl (C=O) groups is 1. The molecule has 0 aliphatic carbocycles. The molecule has 0 amide bonds. The molecule has 172 valence electrons. The number of hydrogen-bond donors (Lipinski definition) is 2. The van der Waals surface area contributed by atoms with Crippen LogP contribution in [0, 0.1) is 11.3 Å². The number of fused-ring (bicyclic) bond motifs is 2. The highest BCUT2D eigenvalue weighted by Gasteiger charge is 2.19. The zero-order valence-electron chi connectivity index (χ0n) is 18.9. The highest BCUT2D eigenvalue weighted by molar-refractivity contribution is 5.94. The third kappa shape index (κ3) is 4.00. The largest absolute Gasteiger partial charge is 0.478 e. The Kier molecular flexibility index (Phi) is 5.30. The summed E-state index contributed by atoms with van der Waals surface area (Å²) in [7, 11) is 1.84. The van der Waals surface area contributed by atoms with Crippen LogP contribution in [0.15, 0.2) is 76.1 Å². The number of nitriles is 1. The van der Waals surface area contributed by atoms with Crippen LogP contribution in [0.3, 0.4) is 0 Å². The molecule has 1 atom stereocenters. The number of aromatic nitrogens is 2. The monoisotopic (exact) mass is 464 g/mol. The molecule has 0 bridgehead atoms. The lowest BCUT2D eigenvalue weighted by Crippen LogP contribution is -2.12. The summed E-state index contributed by atoms with van der Waals surface area (Å²) in [6.45, 7) is 1.82. The molecule has 0 radical (unpaired) electrons. The van der Waals surface area contributed by atoms with E-state index >= 15 is 0 Å². The molecule has 2 heterocycles. The SMILES string of the molecule is CC(Nc1ccccc1C(=O)O)c1cc(C#N)cc2c(=O)cc(-c3ccc4nn(C)cc4c3)oc12. The number of nitrogens with one attached hydrogen (secondary N) is 1. The standard InChI is InChI=1S/C27H20N4O4/c1-15(29-23-6-4-3-5-19(23)27(33)34)20-9-16(13-28)10-21-24(32)12-25(35-26(20)21)17-7-8-22-18(11-17)14-31(2)30-22/h3-12,14-15,29H,1-2H3,(H,33,34). The van der Waals surface area contributed by atoms with E-state index in [1.165, 1.54) is 18.2 Å². The van der Waals surface area contributed by atoms with Crippen molar-refractivity contribution >= 4 is 33.5 Å². The molecule has 5 aromatic rings. The molecule has 0 aliphatic heterocycles. The van der Waals surface area contributed by atoms with Gasteiger partial charge in [0.25, 0.3) is 0 Å². The maximum Gasteiger partial charge on any atom is 0.337 e. The van der Waals surface area contributed by atoms with Crippen LogP contribution in [-0.4, -0.2) is 20.9 Å². The third-order valence-corrected chi connectivity index (χ3v) is 5.89. The van der Waals surface area contributed by atoms with Crippen LogP contribution in [0.25, 0.3) is 33.2 Å². The minimum atomic E-state index is -1.06. The number of benzene rings is 3. The van der Waals surface area contributed by atoms with E-state index in [9.17, 15) is 20.0 Å². The van der Waals surface area contributed by atoms with Crippen LogP contribution in [-0.2, 0) is 7.05 Å². The maximum absolute atomic E-state index is 13.1. The summed E-state index contributed by atoms with van der Waals surface area (Å²) >= 11 is 0. The summed E-state index contributed by atoms with van der Waals surface area (Å²) in [4.78, 5) is 24.7. The van der Waals surface area contributed by atoms with Gasteiger partial charge in [0.15, 0.2) is 5.43 Å². The van der Waals surface area contributed by atoms with Gasteiger partial charge in [-0.2, -0.15) is 10.4 Å². The van der Waals surface area contributed by atoms with E-state index in [4.69, 9.17) is 4.42 Å². The first-order chi connectivity index (χ1) is 16.8. The normalized spacial score (nSPS) is 11.9. The first kappa shape index (κ1) is 21.9. The van der Waals surface area contributed by atoms with Gasteiger partial charge in [0.2, 0.25) is 0 Å². The minimum absolute atomic E-state index is 0.118. The van der Waals surface area contributed by atoms with Gasteiger partial charge in [0.1, 0.15) is 11.3 Å². The second kappa shape index (κ2) is 8.47. The number of aromatic carboxylic acids is 1. The molecule has 0 spiro atoms. The van der Waals surface area contributed by atoms with Crippen LogP contribution >= 0.6 is 0 Å². The Balaban J connectivity index is 1.66. The van der Waals surface area contributed by atoms with Crippen molar-refractivity contribution in [3.05, 3.63) is 93.8 Å². The van der Waals surface area contributed by atoms with Crippen LogP contribution in [0.2, 0.25) is 0 Å². The first-order valence-corrected chi connectivity index (χ1v) is 10.9. The van der Waals surface area contributed by atoms with Gasteiger partial charge in [0, 0.05) is 41.5 Å². The zero-order valence-corrected chi connectivity index (χ0v) is 18.9. The van der Waals surface area contributed by atoms with E-state index in [-0.39, 0.29) is 16.4 Å². The van der Waals surface area contributed by atoms with E-state index < -0.39 is 12.0 Å². The van der Waals surface area contributed by atoms with Crippen LogP contribution in [0.4, 0.5) is 5.69 Å². The fourth-order valence-electron chi connectivity index (χ4n) is 4.22. The topological polar surface area (TPSA) is 121 Å². The summed E-state index contributed by atoms with van der Waals surface area (Å²) in [5.74, 6) is -0.673. The molecular weight excluding hydrogens is 444 g/mol. The number of rotatable bonds is 5. The molecule has 1 unspecified atom stereocenters. The highest BCUT2D eigenvalue weighted by Crippen LogP contribution is 2.32. The van der Waals surface area contributed by atoms with Crippen molar-refractivity contribution in [1.29, 1.82) is 5.26 Å². The Hall–Kier alpha value is -4.90. The second-order valence-corrected chi connectivity index (χ2v) is 8.32. The van der Waals surface area contributed by atoms with Gasteiger partial charge in [-0.3, -0.25) is 9.48 Å². The zero-order chi connectivity index (χ0) is 24.7. The van der Waals surface area contributed by atoms with E-state index in [1.807, 2.05) is 38.4 Å². The van der Waals surface area contributed by atoms with Crippen molar-refractivity contribution in [2.75, 3.05) is 5.32 Å². The molecule has 2 aromatic heterocycles. The minimum Gasteiger partial charge on any atom is -0.478 e. The number of carboxylic acids is 1. The van der Waals surface area contributed by atoms with Gasteiger partial charge in [-0.1, -0.05) is 12.1 Å². The Bertz CT molecular complexity index is 1730. The quantitative estimate of drug-likeness (QED) is 0.372.